The highest BCUT2D eigenvalue weighted by Crippen LogP contribution is 2.20. The number of hydrogen-bond acceptors (Lipinski definition) is 3. The fraction of sp³-hybridized carbons (Fsp3) is 0.231. The number of hydrogen-bond donors (Lipinski definition) is 0. The summed E-state index contributed by atoms with van der Waals surface area (Å²) in [5, 5.41) is 0.635. The van der Waals surface area contributed by atoms with E-state index in [9.17, 15) is 4.79 Å². The van der Waals surface area contributed by atoms with Crippen LogP contribution < -0.4 is 5.63 Å². The molecule has 88 valence electrons. The third kappa shape index (κ3) is 2.74. The molecule has 1 aromatic carbocycles. The fourth-order valence-electron chi connectivity index (χ4n) is 1.43. The summed E-state index contributed by atoms with van der Waals surface area (Å²) in [5.41, 5.74) is 1.09. The molecule has 0 aliphatic heterocycles. The van der Waals surface area contributed by atoms with Gasteiger partial charge in [-0.1, -0.05) is 25.4 Å². The normalized spacial score (nSPS) is 10.8. The van der Waals surface area contributed by atoms with Gasteiger partial charge in [0.2, 0.25) is 5.89 Å². The van der Waals surface area contributed by atoms with Crippen LogP contribution in [0, 0.1) is 0 Å². The lowest BCUT2D eigenvalue weighted by Gasteiger charge is -2.05. The third-order valence-electron chi connectivity index (χ3n) is 2.38. The Balaban J connectivity index is 2.52. The molecule has 0 atom stereocenters. The van der Waals surface area contributed by atoms with Crippen molar-refractivity contribution < 1.29 is 4.42 Å². The Morgan fingerprint density at radius 2 is 1.88 bits per heavy atom. The lowest BCUT2D eigenvalue weighted by molar-refractivity contribution is 0.499. The van der Waals surface area contributed by atoms with Gasteiger partial charge >= 0.3 is 5.63 Å². The number of aromatic nitrogens is 1. The van der Waals surface area contributed by atoms with E-state index in [1.165, 1.54) is 6.07 Å². The van der Waals surface area contributed by atoms with Crippen molar-refractivity contribution in [3.8, 4) is 11.5 Å². The molecule has 0 saturated heterocycles. The Bertz CT molecular complexity index is 573. The zero-order valence-corrected chi connectivity index (χ0v) is 10.4. The molecule has 1 aromatic heterocycles. The molecule has 17 heavy (non-hydrogen) atoms. The topological polar surface area (TPSA) is 43.1 Å². The van der Waals surface area contributed by atoms with Gasteiger partial charge in [-0.15, -0.1) is 0 Å². The Kier molecular flexibility index (Phi) is 3.29. The van der Waals surface area contributed by atoms with E-state index in [2.05, 4.69) is 4.98 Å². The van der Waals surface area contributed by atoms with Gasteiger partial charge in [-0.3, -0.25) is 0 Å². The number of nitrogens with zero attached hydrogens (tertiary/aromatic N) is 1. The summed E-state index contributed by atoms with van der Waals surface area (Å²) in [7, 11) is 0. The van der Waals surface area contributed by atoms with Crippen LogP contribution in [0.25, 0.3) is 11.5 Å². The number of benzene rings is 1. The van der Waals surface area contributed by atoms with E-state index >= 15 is 0 Å². The molecule has 2 rings (SSSR count). The highest BCUT2D eigenvalue weighted by Gasteiger charge is 2.08. The molecule has 0 unspecified atom stereocenters. The molecule has 0 aliphatic rings. The standard InChI is InChI=1S/C13H12ClNO2/c1-8(2)11-7-12(16)17-13(15-11)9-3-5-10(14)6-4-9/h3-8H,1-2H3. The van der Waals surface area contributed by atoms with Crippen LogP contribution in [0.4, 0.5) is 0 Å². The SMILES string of the molecule is CC(C)c1cc(=O)oc(-c2ccc(Cl)cc2)n1. The molecule has 0 saturated carbocycles. The summed E-state index contributed by atoms with van der Waals surface area (Å²) >= 11 is 5.80. The van der Waals surface area contributed by atoms with Crippen molar-refractivity contribution in [3.05, 3.63) is 51.5 Å². The van der Waals surface area contributed by atoms with Crippen molar-refractivity contribution >= 4 is 11.6 Å². The molecule has 3 nitrogen and oxygen atoms in total. The molecule has 0 spiro atoms. The number of halogens is 1. The molecule has 0 bridgehead atoms. The van der Waals surface area contributed by atoms with E-state index in [1.54, 1.807) is 24.3 Å². The van der Waals surface area contributed by atoms with E-state index in [1.807, 2.05) is 13.8 Å². The maximum absolute atomic E-state index is 11.4. The van der Waals surface area contributed by atoms with Crippen LogP contribution in [-0.4, -0.2) is 4.98 Å². The van der Waals surface area contributed by atoms with Crippen LogP contribution in [0.5, 0.6) is 0 Å². The maximum atomic E-state index is 11.4. The zero-order valence-electron chi connectivity index (χ0n) is 9.61. The van der Waals surface area contributed by atoms with Gasteiger partial charge in [-0.05, 0) is 30.2 Å². The predicted octanol–water partition coefficient (Wildman–Crippen LogP) is 3.48. The first-order valence-electron chi connectivity index (χ1n) is 5.34. The minimum absolute atomic E-state index is 0.185. The lowest BCUT2D eigenvalue weighted by atomic mass is 10.1. The maximum Gasteiger partial charge on any atom is 0.339 e. The fourth-order valence-corrected chi connectivity index (χ4v) is 1.56. The van der Waals surface area contributed by atoms with Crippen LogP contribution in [0.3, 0.4) is 0 Å². The van der Waals surface area contributed by atoms with Gasteiger partial charge < -0.3 is 4.42 Å². The average molecular weight is 250 g/mol. The van der Waals surface area contributed by atoms with Crippen molar-refractivity contribution in [1.82, 2.24) is 4.98 Å². The van der Waals surface area contributed by atoms with Gasteiger partial charge in [0.15, 0.2) is 0 Å². The van der Waals surface area contributed by atoms with Gasteiger partial charge in [0.1, 0.15) is 0 Å². The van der Waals surface area contributed by atoms with Crippen molar-refractivity contribution in [2.24, 2.45) is 0 Å². The minimum atomic E-state index is -0.381. The second-order valence-corrected chi connectivity index (χ2v) is 4.51. The summed E-state index contributed by atoms with van der Waals surface area (Å²) < 4.78 is 5.08. The zero-order chi connectivity index (χ0) is 12.4. The molecular weight excluding hydrogens is 238 g/mol. The molecule has 0 N–H and O–H groups in total. The van der Waals surface area contributed by atoms with Gasteiger partial charge in [-0.25, -0.2) is 9.78 Å². The molecule has 1 heterocycles. The van der Waals surface area contributed by atoms with Crippen LogP contribution in [0.15, 0.2) is 39.5 Å². The van der Waals surface area contributed by atoms with Gasteiger partial charge in [-0.2, -0.15) is 0 Å². The van der Waals surface area contributed by atoms with E-state index < -0.39 is 0 Å². The number of rotatable bonds is 2. The van der Waals surface area contributed by atoms with Gasteiger partial charge in [0, 0.05) is 16.7 Å². The molecule has 2 aromatic rings. The molecule has 0 radical (unpaired) electrons. The highest BCUT2D eigenvalue weighted by molar-refractivity contribution is 6.30. The Morgan fingerprint density at radius 3 is 2.47 bits per heavy atom. The van der Waals surface area contributed by atoms with Crippen LogP contribution in [0.2, 0.25) is 5.02 Å². The summed E-state index contributed by atoms with van der Waals surface area (Å²) in [5.74, 6) is 0.517. The monoisotopic (exact) mass is 249 g/mol. The first-order valence-corrected chi connectivity index (χ1v) is 5.72. The largest absolute Gasteiger partial charge is 0.404 e. The second kappa shape index (κ2) is 4.72. The Labute approximate surface area is 104 Å². The predicted molar refractivity (Wildman–Crippen MR) is 67.3 cm³/mol. The van der Waals surface area contributed by atoms with E-state index in [0.717, 1.165) is 11.3 Å². The molecule has 4 heteroatoms. The van der Waals surface area contributed by atoms with Crippen molar-refractivity contribution in [2.45, 2.75) is 19.8 Å². The Morgan fingerprint density at radius 1 is 1.24 bits per heavy atom. The smallest absolute Gasteiger partial charge is 0.339 e. The quantitative estimate of drug-likeness (QED) is 0.818. The summed E-state index contributed by atoms with van der Waals surface area (Å²) in [6, 6.07) is 8.45. The van der Waals surface area contributed by atoms with Gasteiger partial charge in [0.05, 0.1) is 5.69 Å². The van der Waals surface area contributed by atoms with E-state index in [4.69, 9.17) is 16.0 Å². The Hall–Kier alpha value is -1.61. The first kappa shape index (κ1) is 11.9. The molecule has 0 aliphatic carbocycles. The first-order chi connectivity index (χ1) is 8.06. The highest BCUT2D eigenvalue weighted by atomic mass is 35.5. The summed E-state index contributed by atoms with van der Waals surface area (Å²) in [4.78, 5) is 15.7. The summed E-state index contributed by atoms with van der Waals surface area (Å²) in [6.45, 7) is 3.96. The molecular formula is C13H12ClNO2. The van der Waals surface area contributed by atoms with Crippen LogP contribution in [-0.2, 0) is 0 Å². The van der Waals surface area contributed by atoms with Crippen molar-refractivity contribution in [2.75, 3.05) is 0 Å². The lowest BCUT2D eigenvalue weighted by Crippen LogP contribution is -2.05. The average Bonchev–Trinajstić information content (AvgIpc) is 2.29. The molecule has 0 amide bonds. The van der Waals surface area contributed by atoms with E-state index in [0.29, 0.717) is 10.9 Å². The third-order valence-corrected chi connectivity index (χ3v) is 2.63. The summed E-state index contributed by atoms with van der Waals surface area (Å²) in [6.07, 6.45) is 0. The van der Waals surface area contributed by atoms with E-state index in [-0.39, 0.29) is 11.5 Å². The second-order valence-electron chi connectivity index (χ2n) is 4.07. The van der Waals surface area contributed by atoms with Crippen molar-refractivity contribution in [3.63, 3.8) is 0 Å². The van der Waals surface area contributed by atoms with Crippen LogP contribution in [0.1, 0.15) is 25.5 Å². The minimum Gasteiger partial charge on any atom is -0.404 e. The van der Waals surface area contributed by atoms with Crippen LogP contribution >= 0.6 is 11.6 Å². The van der Waals surface area contributed by atoms with Crippen molar-refractivity contribution in [1.29, 1.82) is 0 Å². The van der Waals surface area contributed by atoms with Gasteiger partial charge in [0.25, 0.3) is 0 Å². The molecule has 0 fully saturated rings.